The van der Waals surface area contributed by atoms with E-state index < -0.39 is 0 Å². The van der Waals surface area contributed by atoms with Gasteiger partial charge in [-0.25, -0.2) is 0 Å². The van der Waals surface area contributed by atoms with Gasteiger partial charge in [0, 0.05) is 0 Å². The number of benzene rings is 1. The van der Waals surface area contributed by atoms with E-state index in [1.165, 1.54) is 0 Å². The summed E-state index contributed by atoms with van der Waals surface area (Å²) in [6.07, 6.45) is 5.11. The number of nitrogens with zero attached hydrogens (tertiary/aromatic N) is 5. The molecule has 0 spiro atoms. The van der Waals surface area contributed by atoms with Gasteiger partial charge in [-0.3, -0.25) is 4.68 Å². The van der Waals surface area contributed by atoms with Crippen LogP contribution in [0.4, 0.5) is 0 Å². The average Bonchev–Trinajstić information content (AvgIpc) is 3.33. The molecule has 2 N–H and O–H groups in total. The lowest BCUT2D eigenvalue weighted by Crippen LogP contribution is -2.37. The number of para-hydroxylation sites is 1. The van der Waals surface area contributed by atoms with Crippen molar-refractivity contribution in [3.63, 3.8) is 0 Å². The van der Waals surface area contributed by atoms with Crippen LogP contribution < -0.4 is 10.5 Å². The molecule has 2 atom stereocenters. The number of nitrogens with two attached hydrogens (primary N) is 1. The molecule has 1 saturated heterocycles. The third-order valence-electron chi connectivity index (χ3n) is 3.82. The fourth-order valence-corrected chi connectivity index (χ4v) is 2.56. The first-order valence-electron chi connectivity index (χ1n) is 7.77. The number of rotatable bonds is 5. The summed E-state index contributed by atoms with van der Waals surface area (Å²) < 4.78 is 12.9. The Hall–Kier alpha value is -2.71. The molecule has 0 saturated carbocycles. The lowest BCUT2D eigenvalue weighted by molar-refractivity contribution is 0.140. The van der Waals surface area contributed by atoms with Gasteiger partial charge in [-0.05, 0) is 12.1 Å². The van der Waals surface area contributed by atoms with Crippen molar-refractivity contribution >= 4 is 0 Å². The van der Waals surface area contributed by atoms with Crippen LogP contribution >= 0.6 is 0 Å². The molecule has 124 valence electrons. The highest BCUT2D eigenvalue weighted by molar-refractivity contribution is 5.28. The average molecular weight is 326 g/mol. The van der Waals surface area contributed by atoms with Crippen LogP contribution in [0.15, 0.2) is 48.9 Å². The van der Waals surface area contributed by atoms with Crippen LogP contribution in [0, 0.1) is 0 Å². The summed E-state index contributed by atoms with van der Waals surface area (Å²) in [5.41, 5.74) is 7.65. The van der Waals surface area contributed by atoms with E-state index in [1.54, 1.807) is 21.9 Å². The van der Waals surface area contributed by atoms with Gasteiger partial charge < -0.3 is 15.2 Å². The molecule has 24 heavy (non-hydrogen) atoms. The van der Waals surface area contributed by atoms with Crippen molar-refractivity contribution in [3.8, 4) is 11.4 Å². The third-order valence-corrected chi connectivity index (χ3v) is 3.82. The van der Waals surface area contributed by atoms with Crippen molar-refractivity contribution in [2.45, 2.75) is 18.7 Å². The maximum atomic E-state index is 5.92. The van der Waals surface area contributed by atoms with E-state index in [-0.39, 0.29) is 12.1 Å². The fourth-order valence-electron chi connectivity index (χ4n) is 2.56. The van der Waals surface area contributed by atoms with E-state index in [1.807, 2.05) is 36.5 Å². The van der Waals surface area contributed by atoms with Crippen LogP contribution in [0.3, 0.4) is 0 Å². The molecule has 0 radical (unpaired) electrons. The number of ether oxygens (including phenoxy) is 2. The number of hydrogen-bond donors (Lipinski definition) is 1. The molecule has 1 aliphatic rings. The second-order valence-corrected chi connectivity index (χ2v) is 5.69. The minimum Gasteiger partial charge on any atom is -0.483 e. The van der Waals surface area contributed by atoms with Gasteiger partial charge in [0.05, 0.1) is 50.1 Å². The van der Waals surface area contributed by atoms with E-state index in [9.17, 15) is 0 Å². The molecule has 3 heterocycles. The zero-order valence-electron chi connectivity index (χ0n) is 13.0. The Morgan fingerprint density at radius 1 is 1.17 bits per heavy atom. The first-order valence-corrected chi connectivity index (χ1v) is 7.77. The monoisotopic (exact) mass is 326 g/mol. The van der Waals surface area contributed by atoms with Crippen molar-refractivity contribution in [2.24, 2.45) is 5.73 Å². The van der Waals surface area contributed by atoms with E-state index in [0.29, 0.717) is 25.5 Å². The largest absolute Gasteiger partial charge is 0.483 e. The van der Waals surface area contributed by atoms with E-state index in [4.69, 9.17) is 15.2 Å². The van der Waals surface area contributed by atoms with Crippen molar-refractivity contribution in [2.75, 3.05) is 13.2 Å². The molecule has 1 aromatic carbocycles. The van der Waals surface area contributed by atoms with Gasteiger partial charge >= 0.3 is 0 Å². The molecule has 1 fully saturated rings. The van der Waals surface area contributed by atoms with Crippen LogP contribution in [-0.4, -0.2) is 50.1 Å². The molecular formula is C16H18N6O2. The van der Waals surface area contributed by atoms with E-state index in [2.05, 4.69) is 15.3 Å². The highest BCUT2D eigenvalue weighted by Gasteiger charge is 2.26. The van der Waals surface area contributed by atoms with Crippen LogP contribution in [0.2, 0.25) is 0 Å². The summed E-state index contributed by atoms with van der Waals surface area (Å²) in [6, 6.07) is 9.67. The number of aromatic nitrogens is 5. The van der Waals surface area contributed by atoms with Gasteiger partial charge in [-0.2, -0.15) is 20.1 Å². The maximum absolute atomic E-state index is 5.92. The lowest BCUT2D eigenvalue weighted by Gasteiger charge is -2.13. The Morgan fingerprint density at radius 2 is 2.04 bits per heavy atom. The zero-order valence-corrected chi connectivity index (χ0v) is 13.0. The molecule has 8 nitrogen and oxygen atoms in total. The van der Waals surface area contributed by atoms with Crippen LogP contribution in [0.1, 0.15) is 5.69 Å². The molecule has 1 aliphatic heterocycles. The van der Waals surface area contributed by atoms with Crippen molar-refractivity contribution < 1.29 is 9.47 Å². The van der Waals surface area contributed by atoms with Crippen LogP contribution in [0.5, 0.6) is 5.75 Å². The Bertz CT molecular complexity index is 800. The Morgan fingerprint density at radius 3 is 2.83 bits per heavy atom. The van der Waals surface area contributed by atoms with E-state index >= 15 is 0 Å². The molecule has 0 amide bonds. The van der Waals surface area contributed by atoms with Gasteiger partial charge in [0.25, 0.3) is 0 Å². The topological polar surface area (TPSA) is 93.0 Å². The summed E-state index contributed by atoms with van der Waals surface area (Å²) in [4.78, 5) is 1.60. The SMILES string of the molecule is N[C@H]1COC[C@H]1Oc1cnn(Cc2cnn(-c3ccccc3)n2)c1. The van der Waals surface area contributed by atoms with Gasteiger partial charge in [0.2, 0.25) is 0 Å². The predicted octanol–water partition coefficient (Wildman–Crippen LogP) is 0.617. The number of hydrogen-bond acceptors (Lipinski definition) is 6. The highest BCUT2D eigenvalue weighted by atomic mass is 16.5. The van der Waals surface area contributed by atoms with Crippen molar-refractivity contribution in [1.82, 2.24) is 24.8 Å². The minimum absolute atomic E-state index is 0.0980. The second kappa shape index (κ2) is 6.42. The smallest absolute Gasteiger partial charge is 0.157 e. The first-order chi connectivity index (χ1) is 11.8. The van der Waals surface area contributed by atoms with Gasteiger partial charge in [0.15, 0.2) is 5.75 Å². The molecule has 2 aromatic heterocycles. The van der Waals surface area contributed by atoms with Crippen molar-refractivity contribution in [1.29, 1.82) is 0 Å². The minimum atomic E-state index is -0.124. The first kappa shape index (κ1) is 14.9. The van der Waals surface area contributed by atoms with Crippen molar-refractivity contribution in [3.05, 3.63) is 54.6 Å². The fraction of sp³-hybridized carbons (Fsp3) is 0.312. The molecule has 4 rings (SSSR count). The highest BCUT2D eigenvalue weighted by Crippen LogP contribution is 2.16. The summed E-state index contributed by atoms with van der Waals surface area (Å²) >= 11 is 0. The van der Waals surface area contributed by atoms with Gasteiger partial charge in [-0.15, -0.1) is 0 Å². The summed E-state index contributed by atoms with van der Waals surface area (Å²) in [7, 11) is 0. The lowest BCUT2D eigenvalue weighted by atomic mass is 10.2. The third kappa shape index (κ3) is 3.15. The zero-order chi connectivity index (χ0) is 16.4. The normalized spacial score (nSPS) is 20.4. The Kier molecular flexibility index (Phi) is 3.97. The quantitative estimate of drug-likeness (QED) is 0.739. The summed E-state index contributed by atoms with van der Waals surface area (Å²) in [6.45, 7) is 1.56. The van der Waals surface area contributed by atoms with Crippen LogP contribution in [-0.2, 0) is 11.3 Å². The van der Waals surface area contributed by atoms with Gasteiger partial charge in [-0.1, -0.05) is 18.2 Å². The van der Waals surface area contributed by atoms with E-state index in [0.717, 1.165) is 11.4 Å². The predicted molar refractivity (Wildman–Crippen MR) is 85.9 cm³/mol. The Labute approximate surface area is 138 Å². The van der Waals surface area contributed by atoms with Crippen LogP contribution in [0.25, 0.3) is 5.69 Å². The molecule has 0 bridgehead atoms. The maximum Gasteiger partial charge on any atom is 0.157 e. The Balaban J connectivity index is 1.42. The van der Waals surface area contributed by atoms with Gasteiger partial charge in [0.1, 0.15) is 11.8 Å². The molecule has 3 aromatic rings. The summed E-state index contributed by atoms with van der Waals surface area (Å²) in [5.74, 6) is 0.677. The summed E-state index contributed by atoms with van der Waals surface area (Å²) in [5, 5.41) is 13.0. The molecule has 0 unspecified atom stereocenters. The molecule has 0 aliphatic carbocycles. The standard InChI is InChI=1S/C16H18N6O2/c17-15-10-23-11-16(15)24-14-7-18-21(9-14)8-12-6-19-22(20-12)13-4-2-1-3-5-13/h1-7,9,15-16H,8,10-11,17H2/t15-,16+/m0/s1. The molecular weight excluding hydrogens is 308 g/mol. The molecule has 8 heteroatoms. The second-order valence-electron chi connectivity index (χ2n) is 5.69.